The highest BCUT2D eigenvalue weighted by molar-refractivity contribution is 5.62. The average molecular weight is 280 g/mol. The summed E-state index contributed by atoms with van der Waals surface area (Å²) in [6.07, 6.45) is 7.86. The standard InChI is InChI=1S/C18H20N2O/c1-4-16(5-1)20-12-17(20)13-21-18-8-6-14(7-9-18)15-3-2-10-19-11-15/h2-3,6-11,16-17H,1,4-5,12-13H2. The van der Waals surface area contributed by atoms with Crippen molar-refractivity contribution >= 4 is 0 Å². The summed E-state index contributed by atoms with van der Waals surface area (Å²) < 4.78 is 5.91. The van der Waals surface area contributed by atoms with Gasteiger partial charge >= 0.3 is 0 Å². The maximum absolute atomic E-state index is 5.91. The van der Waals surface area contributed by atoms with E-state index in [0.29, 0.717) is 6.04 Å². The molecule has 3 heteroatoms. The molecule has 0 spiro atoms. The summed E-state index contributed by atoms with van der Waals surface area (Å²) in [5.74, 6) is 0.961. The van der Waals surface area contributed by atoms with Gasteiger partial charge in [0.05, 0.1) is 6.04 Å². The molecule has 1 aromatic carbocycles. The number of ether oxygens (including phenoxy) is 1. The third-order valence-corrected chi connectivity index (χ3v) is 4.59. The molecule has 0 radical (unpaired) electrons. The quantitative estimate of drug-likeness (QED) is 0.785. The van der Waals surface area contributed by atoms with Gasteiger partial charge in [-0.1, -0.05) is 24.6 Å². The van der Waals surface area contributed by atoms with Crippen LogP contribution in [0.3, 0.4) is 0 Å². The predicted octanol–water partition coefficient (Wildman–Crippen LogP) is 3.36. The van der Waals surface area contributed by atoms with Crippen molar-refractivity contribution in [3.05, 3.63) is 48.8 Å². The number of pyridine rings is 1. The molecule has 2 heterocycles. The zero-order valence-electron chi connectivity index (χ0n) is 12.1. The fourth-order valence-corrected chi connectivity index (χ4v) is 2.98. The molecule has 4 rings (SSSR count). The highest BCUT2D eigenvalue weighted by Gasteiger charge is 2.42. The normalized spacial score (nSPS) is 24.4. The van der Waals surface area contributed by atoms with Crippen LogP contribution in [0, 0.1) is 0 Å². The van der Waals surface area contributed by atoms with Gasteiger partial charge in [-0.3, -0.25) is 9.88 Å². The van der Waals surface area contributed by atoms with Crippen LogP contribution in [0.4, 0.5) is 0 Å². The Morgan fingerprint density at radius 2 is 1.95 bits per heavy atom. The maximum Gasteiger partial charge on any atom is 0.119 e. The summed E-state index contributed by atoms with van der Waals surface area (Å²) in [7, 11) is 0. The Bertz CT molecular complexity index is 592. The van der Waals surface area contributed by atoms with Gasteiger partial charge in [0.15, 0.2) is 0 Å². The summed E-state index contributed by atoms with van der Waals surface area (Å²) in [4.78, 5) is 6.73. The Balaban J connectivity index is 1.32. The van der Waals surface area contributed by atoms with Crippen molar-refractivity contribution in [1.82, 2.24) is 9.88 Å². The molecule has 2 aromatic rings. The molecule has 0 bridgehead atoms. The lowest BCUT2D eigenvalue weighted by Gasteiger charge is -2.27. The van der Waals surface area contributed by atoms with Gasteiger partial charge in [-0.05, 0) is 42.2 Å². The number of benzene rings is 1. The lowest BCUT2D eigenvalue weighted by Crippen LogP contribution is -2.29. The highest BCUT2D eigenvalue weighted by Crippen LogP contribution is 2.34. The fraction of sp³-hybridized carbons (Fsp3) is 0.389. The van der Waals surface area contributed by atoms with Crippen LogP contribution in [0.5, 0.6) is 5.75 Å². The van der Waals surface area contributed by atoms with Crippen molar-refractivity contribution in [2.45, 2.75) is 31.3 Å². The number of hydrogen-bond donors (Lipinski definition) is 0. The van der Waals surface area contributed by atoms with E-state index in [9.17, 15) is 0 Å². The van der Waals surface area contributed by atoms with Crippen molar-refractivity contribution in [2.24, 2.45) is 0 Å². The molecular formula is C18H20N2O. The molecular weight excluding hydrogens is 260 g/mol. The molecule has 2 aliphatic rings. The van der Waals surface area contributed by atoms with E-state index in [-0.39, 0.29) is 0 Å². The number of aromatic nitrogens is 1. The van der Waals surface area contributed by atoms with Crippen LogP contribution in [0.25, 0.3) is 11.1 Å². The van der Waals surface area contributed by atoms with Gasteiger partial charge in [0.2, 0.25) is 0 Å². The minimum atomic E-state index is 0.647. The Morgan fingerprint density at radius 1 is 1.10 bits per heavy atom. The van der Waals surface area contributed by atoms with Gasteiger partial charge in [0.1, 0.15) is 12.4 Å². The summed E-state index contributed by atoms with van der Waals surface area (Å²) in [5.41, 5.74) is 2.32. The Kier molecular flexibility index (Phi) is 3.36. The van der Waals surface area contributed by atoms with Gasteiger partial charge < -0.3 is 4.74 Å². The largest absolute Gasteiger partial charge is 0.492 e. The Labute approximate surface area is 125 Å². The average Bonchev–Trinajstić information content (AvgIpc) is 3.24. The minimum absolute atomic E-state index is 0.647. The SMILES string of the molecule is c1cncc(-c2ccc(OCC3CN3C3CCC3)cc2)c1. The Hall–Kier alpha value is -1.87. The summed E-state index contributed by atoms with van der Waals surface area (Å²) in [6, 6.07) is 13.8. The number of hydrogen-bond acceptors (Lipinski definition) is 3. The van der Waals surface area contributed by atoms with E-state index < -0.39 is 0 Å². The second-order valence-corrected chi connectivity index (χ2v) is 6.01. The summed E-state index contributed by atoms with van der Waals surface area (Å²) >= 11 is 0. The highest BCUT2D eigenvalue weighted by atomic mass is 16.5. The van der Waals surface area contributed by atoms with Crippen molar-refractivity contribution in [1.29, 1.82) is 0 Å². The third-order valence-electron chi connectivity index (χ3n) is 4.59. The monoisotopic (exact) mass is 280 g/mol. The van der Waals surface area contributed by atoms with Crippen LogP contribution in [-0.2, 0) is 0 Å². The minimum Gasteiger partial charge on any atom is -0.492 e. The van der Waals surface area contributed by atoms with Gasteiger partial charge in [0.25, 0.3) is 0 Å². The first-order valence-corrected chi connectivity index (χ1v) is 7.79. The molecule has 1 aromatic heterocycles. The number of rotatable bonds is 5. The van der Waals surface area contributed by atoms with E-state index in [1.165, 1.54) is 31.4 Å². The fourth-order valence-electron chi connectivity index (χ4n) is 2.98. The summed E-state index contributed by atoms with van der Waals surface area (Å²) in [5, 5.41) is 0. The molecule has 21 heavy (non-hydrogen) atoms. The Morgan fingerprint density at radius 3 is 2.62 bits per heavy atom. The molecule has 0 amide bonds. The molecule has 1 saturated heterocycles. The zero-order valence-corrected chi connectivity index (χ0v) is 12.1. The molecule has 1 aliphatic carbocycles. The van der Waals surface area contributed by atoms with Crippen LogP contribution >= 0.6 is 0 Å². The molecule has 2 fully saturated rings. The molecule has 108 valence electrons. The maximum atomic E-state index is 5.91. The second kappa shape index (κ2) is 5.49. The van der Waals surface area contributed by atoms with E-state index in [1.54, 1.807) is 6.20 Å². The van der Waals surface area contributed by atoms with Crippen LogP contribution in [0.1, 0.15) is 19.3 Å². The predicted molar refractivity (Wildman–Crippen MR) is 83.3 cm³/mol. The van der Waals surface area contributed by atoms with Crippen molar-refractivity contribution in [3.63, 3.8) is 0 Å². The van der Waals surface area contributed by atoms with Crippen molar-refractivity contribution < 1.29 is 4.74 Å². The zero-order chi connectivity index (χ0) is 14.1. The smallest absolute Gasteiger partial charge is 0.119 e. The third kappa shape index (κ3) is 2.79. The van der Waals surface area contributed by atoms with Gasteiger partial charge in [-0.15, -0.1) is 0 Å². The van der Waals surface area contributed by atoms with Crippen LogP contribution < -0.4 is 4.74 Å². The van der Waals surface area contributed by atoms with Gasteiger partial charge in [-0.2, -0.15) is 0 Å². The molecule has 1 aliphatic heterocycles. The molecule has 2 unspecified atom stereocenters. The van der Waals surface area contributed by atoms with E-state index in [1.807, 2.05) is 12.3 Å². The first-order valence-electron chi connectivity index (χ1n) is 7.79. The molecule has 1 saturated carbocycles. The topological polar surface area (TPSA) is 25.1 Å². The van der Waals surface area contributed by atoms with E-state index in [0.717, 1.165) is 24.0 Å². The van der Waals surface area contributed by atoms with E-state index in [4.69, 9.17) is 4.74 Å². The van der Waals surface area contributed by atoms with Crippen molar-refractivity contribution in [3.8, 4) is 16.9 Å². The van der Waals surface area contributed by atoms with Gasteiger partial charge in [-0.25, -0.2) is 0 Å². The lowest BCUT2D eigenvalue weighted by molar-refractivity contribution is 0.215. The first kappa shape index (κ1) is 12.8. The van der Waals surface area contributed by atoms with Crippen LogP contribution in [-0.4, -0.2) is 35.1 Å². The lowest BCUT2D eigenvalue weighted by atomic mass is 9.93. The second-order valence-electron chi connectivity index (χ2n) is 6.01. The first-order chi connectivity index (χ1) is 10.4. The molecule has 3 nitrogen and oxygen atoms in total. The molecule has 2 atom stereocenters. The van der Waals surface area contributed by atoms with Crippen LogP contribution in [0.2, 0.25) is 0 Å². The van der Waals surface area contributed by atoms with E-state index >= 15 is 0 Å². The van der Waals surface area contributed by atoms with Crippen molar-refractivity contribution in [2.75, 3.05) is 13.2 Å². The van der Waals surface area contributed by atoms with Gasteiger partial charge in [0, 0.05) is 25.0 Å². The van der Waals surface area contributed by atoms with E-state index in [2.05, 4.69) is 40.2 Å². The molecule has 0 N–H and O–H groups in total. The number of nitrogens with zero attached hydrogens (tertiary/aromatic N) is 2. The summed E-state index contributed by atoms with van der Waals surface area (Å²) in [6.45, 7) is 2.04. The van der Waals surface area contributed by atoms with Crippen LogP contribution in [0.15, 0.2) is 48.8 Å².